The molecular weight excluding hydrogens is 320 g/mol. The van der Waals surface area contributed by atoms with Crippen LogP contribution in [0.1, 0.15) is 42.7 Å². The number of rotatable bonds is 5. The number of aryl methyl sites for hydroxylation is 2. The fourth-order valence-electron chi connectivity index (χ4n) is 3.75. The van der Waals surface area contributed by atoms with Gasteiger partial charge in [-0.3, -0.25) is 9.59 Å². The van der Waals surface area contributed by atoms with Gasteiger partial charge in [-0.2, -0.15) is 0 Å². The summed E-state index contributed by atoms with van der Waals surface area (Å²) in [5, 5.41) is 10.2. The lowest BCUT2D eigenvalue weighted by Gasteiger charge is -2.33. The van der Waals surface area contributed by atoms with Gasteiger partial charge in [-0.05, 0) is 52.0 Å². The van der Waals surface area contributed by atoms with Crippen LogP contribution in [0.25, 0.3) is 0 Å². The molecule has 0 radical (unpaired) electrons. The highest BCUT2D eigenvalue weighted by Gasteiger charge is 2.27. The SMILES string of the molecule is Cc1noc(C)c1CC(=O)N1CCCC(CNC(=O)C2CCCN2)C1. The molecule has 2 atom stereocenters. The van der Waals surface area contributed by atoms with E-state index in [4.69, 9.17) is 4.52 Å². The number of aromatic nitrogens is 1. The standard InChI is InChI=1S/C18H28N4O3/c1-12-15(13(2)25-21-12)9-17(23)22-8-4-5-14(11-22)10-20-18(24)16-6-3-7-19-16/h14,16,19H,3-11H2,1-2H3,(H,20,24). The van der Waals surface area contributed by atoms with Gasteiger partial charge in [-0.15, -0.1) is 0 Å². The van der Waals surface area contributed by atoms with Crippen molar-refractivity contribution in [3.8, 4) is 0 Å². The Morgan fingerprint density at radius 3 is 2.84 bits per heavy atom. The molecule has 2 aliphatic rings. The van der Waals surface area contributed by atoms with E-state index in [1.165, 1.54) is 0 Å². The smallest absolute Gasteiger partial charge is 0.237 e. The highest BCUT2D eigenvalue weighted by atomic mass is 16.5. The number of nitrogens with zero attached hydrogens (tertiary/aromatic N) is 2. The quantitative estimate of drug-likeness (QED) is 0.827. The first-order valence-corrected chi connectivity index (χ1v) is 9.25. The summed E-state index contributed by atoms with van der Waals surface area (Å²) in [6, 6.07) is -0.0409. The van der Waals surface area contributed by atoms with Crippen molar-refractivity contribution in [2.75, 3.05) is 26.2 Å². The van der Waals surface area contributed by atoms with Crippen molar-refractivity contribution in [3.63, 3.8) is 0 Å². The highest BCUT2D eigenvalue weighted by Crippen LogP contribution is 2.19. The van der Waals surface area contributed by atoms with Gasteiger partial charge >= 0.3 is 0 Å². The zero-order valence-corrected chi connectivity index (χ0v) is 15.1. The zero-order valence-electron chi connectivity index (χ0n) is 15.1. The Hall–Kier alpha value is -1.89. The summed E-state index contributed by atoms with van der Waals surface area (Å²) < 4.78 is 5.14. The van der Waals surface area contributed by atoms with Crippen LogP contribution in [0.5, 0.6) is 0 Å². The van der Waals surface area contributed by atoms with Crippen molar-refractivity contribution in [2.45, 2.75) is 52.0 Å². The van der Waals surface area contributed by atoms with E-state index < -0.39 is 0 Å². The molecule has 2 amide bonds. The summed E-state index contributed by atoms with van der Waals surface area (Å²) in [4.78, 5) is 26.7. The molecule has 2 aliphatic heterocycles. The summed E-state index contributed by atoms with van der Waals surface area (Å²) in [6.45, 7) is 6.77. The van der Waals surface area contributed by atoms with Crippen LogP contribution in [0.3, 0.4) is 0 Å². The summed E-state index contributed by atoms with van der Waals surface area (Å²) in [5.41, 5.74) is 1.68. The molecule has 1 aromatic heterocycles. The number of piperidine rings is 1. The van der Waals surface area contributed by atoms with E-state index in [-0.39, 0.29) is 17.9 Å². The van der Waals surface area contributed by atoms with Crippen LogP contribution in [-0.4, -0.2) is 54.1 Å². The van der Waals surface area contributed by atoms with Crippen molar-refractivity contribution in [1.82, 2.24) is 20.7 Å². The number of nitrogens with one attached hydrogen (secondary N) is 2. The zero-order chi connectivity index (χ0) is 17.8. The third kappa shape index (κ3) is 4.39. The molecule has 7 heteroatoms. The van der Waals surface area contributed by atoms with Crippen LogP contribution >= 0.6 is 0 Å². The van der Waals surface area contributed by atoms with Gasteiger partial charge in [0, 0.05) is 25.2 Å². The first kappa shape index (κ1) is 17.9. The van der Waals surface area contributed by atoms with Crippen molar-refractivity contribution in [3.05, 3.63) is 17.0 Å². The van der Waals surface area contributed by atoms with Gasteiger partial charge in [0.2, 0.25) is 11.8 Å². The van der Waals surface area contributed by atoms with Gasteiger partial charge in [0.05, 0.1) is 18.2 Å². The number of amides is 2. The molecule has 0 bridgehead atoms. The van der Waals surface area contributed by atoms with Crippen LogP contribution in [-0.2, 0) is 16.0 Å². The van der Waals surface area contributed by atoms with E-state index >= 15 is 0 Å². The van der Waals surface area contributed by atoms with Crippen LogP contribution in [0.2, 0.25) is 0 Å². The second-order valence-corrected chi connectivity index (χ2v) is 7.22. The predicted octanol–water partition coefficient (Wildman–Crippen LogP) is 0.941. The van der Waals surface area contributed by atoms with Crippen molar-refractivity contribution >= 4 is 11.8 Å². The summed E-state index contributed by atoms with van der Waals surface area (Å²) in [7, 11) is 0. The number of carbonyl (C=O) groups is 2. The van der Waals surface area contributed by atoms with Gasteiger partial charge in [-0.1, -0.05) is 5.16 Å². The van der Waals surface area contributed by atoms with Crippen molar-refractivity contribution in [2.24, 2.45) is 5.92 Å². The summed E-state index contributed by atoms with van der Waals surface area (Å²) in [5.74, 6) is 1.25. The Morgan fingerprint density at radius 2 is 2.16 bits per heavy atom. The molecule has 7 nitrogen and oxygen atoms in total. The lowest BCUT2D eigenvalue weighted by Crippen LogP contribution is -2.47. The predicted molar refractivity (Wildman–Crippen MR) is 93.0 cm³/mol. The van der Waals surface area contributed by atoms with E-state index in [9.17, 15) is 9.59 Å². The monoisotopic (exact) mass is 348 g/mol. The van der Waals surface area contributed by atoms with Gasteiger partial charge in [0.1, 0.15) is 5.76 Å². The molecule has 1 aromatic rings. The number of carbonyl (C=O) groups excluding carboxylic acids is 2. The van der Waals surface area contributed by atoms with Crippen LogP contribution < -0.4 is 10.6 Å². The Kier molecular flexibility index (Phi) is 5.73. The largest absolute Gasteiger partial charge is 0.361 e. The Balaban J connectivity index is 1.48. The van der Waals surface area contributed by atoms with E-state index in [2.05, 4.69) is 15.8 Å². The van der Waals surface area contributed by atoms with Gasteiger partial charge in [-0.25, -0.2) is 0 Å². The maximum Gasteiger partial charge on any atom is 0.237 e. The minimum Gasteiger partial charge on any atom is -0.361 e. The molecule has 3 heterocycles. The lowest BCUT2D eigenvalue weighted by atomic mass is 9.97. The molecular formula is C18H28N4O3. The highest BCUT2D eigenvalue weighted by molar-refractivity contribution is 5.82. The van der Waals surface area contributed by atoms with Crippen LogP contribution in [0.4, 0.5) is 0 Å². The van der Waals surface area contributed by atoms with Gasteiger partial charge < -0.3 is 20.1 Å². The molecule has 0 saturated carbocycles. The molecule has 3 rings (SSSR count). The third-order valence-electron chi connectivity index (χ3n) is 5.32. The molecule has 138 valence electrons. The molecule has 2 saturated heterocycles. The van der Waals surface area contributed by atoms with Crippen molar-refractivity contribution in [1.29, 1.82) is 0 Å². The number of likely N-dealkylation sites (tertiary alicyclic amines) is 1. The minimum atomic E-state index is -0.0409. The van der Waals surface area contributed by atoms with E-state index in [1.54, 1.807) is 0 Å². The molecule has 0 aromatic carbocycles. The maximum absolute atomic E-state index is 12.6. The number of hydrogen-bond acceptors (Lipinski definition) is 5. The molecule has 2 fully saturated rings. The first-order valence-electron chi connectivity index (χ1n) is 9.25. The maximum atomic E-state index is 12.6. The molecule has 0 aliphatic carbocycles. The average Bonchev–Trinajstić information content (AvgIpc) is 3.26. The Bertz CT molecular complexity index is 602. The minimum absolute atomic E-state index is 0.0409. The molecule has 2 N–H and O–H groups in total. The fraction of sp³-hybridized carbons (Fsp3) is 0.722. The second-order valence-electron chi connectivity index (χ2n) is 7.22. The summed E-state index contributed by atoms with van der Waals surface area (Å²) >= 11 is 0. The van der Waals surface area contributed by atoms with E-state index in [1.807, 2.05) is 18.7 Å². The lowest BCUT2D eigenvalue weighted by molar-refractivity contribution is -0.132. The summed E-state index contributed by atoms with van der Waals surface area (Å²) in [6.07, 6.45) is 4.35. The topological polar surface area (TPSA) is 87.5 Å². The number of hydrogen-bond donors (Lipinski definition) is 2. The van der Waals surface area contributed by atoms with Crippen LogP contribution in [0, 0.1) is 19.8 Å². The van der Waals surface area contributed by atoms with Crippen molar-refractivity contribution < 1.29 is 14.1 Å². The fourth-order valence-corrected chi connectivity index (χ4v) is 3.75. The third-order valence-corrected chi connectivity index (χ3v) is 5.32. The van der Waals surface area contributed by atoms with Gasteiger partial charge in [0.15, 0.2) is 0 Å². The molecule has 2 unspecified atom stereocenters. The normalized spacial score (nSPS) is 23.7. The Labute approximate surface area is 148 Å². The first-order chi connectivity index (χ1) is 12.0. The average molecular weight is 348 g/mol. The Morgan fingerprint density at radius 1 is 1.32 bits per heavy atom. The van der Waals surface area contributed by atoms with Crippen LogP contribution in [0.15, 0.2) is 4.52 Å². The second kappa shape index (κ2) is 7.99. The van der Waals surface area contributed by atoms with E-state index in [0.29, 0.717) is 25.4 Å². The molecule has 0 spiro atoms. The van der Waals surface area contributed by atoms with E-state index in [0.717, 1.165) is 55.8 Å². The molecule has 25 heavy (non-hydrogen) atoms. The van der Waals surface area contributed by atoms with Gasteiger partial charge in [0.25, 0.3) is 0 Å².